The van der Waals surface area contributed by atoms with Crippen LogP contribution in [0, 0.1) is 0 Å². The van der Waals surface area contributed by atoms with Crippen molar-refractivity contribution in [3.63, 3.8) is 0 Å². The van der Waals surface area contributed by atoms with Crippen LogP contribution in [0.2, 0.25) is 0 Å². The van der Waals surface area contributed by atoms with Gasteiger partial charge < -0.3 is 14.6 Å². The first-order valence-corrected chi connectivity index (χ1v) is 13.1. The smallest absolute Gasteiger partial charge is 0.335 e. The zero-order chi connectivity index (χ0) is 26.5. The number of hydrogen-bond donors (Lipinski definition) is 1. The number of aliphatic imine (C=N–C) groups is 1. The monoisotopic (exact) mass is 580 g/mol. The normalized spacial score (nSPS) is 15.6. The fourth-order valence-electron chi connectivity index (χ4n) is 3.54. The molecule has 0 aliphatic carbocycles. The minimum Gasteiger partial charge on any atom is -0.497 e. The Morgan fingerprint density at radius 1 is 1.11 bits per heavy atom. The lowest BCUT2D eigenvalue weighted by Crippen LogP contribution is -2.28. The Kier molecular flexibility index (Phi) is 8.35. The van der Waals surface area contributed by atoms with Crippen molar-refractivity contribution in [2.24, 2.45) is 4.99 Å². The minimum atomic E-state index is -0.998. The Balaban J connectivity index is 1.66. The minimum absolute atomic E-state index is 0.0438. The Hall–Kier alpha value is -3.56. The number of carbonyl (C=O) groups excluding carboxylic acids is 1. The van der Waals surface area contributed by atoms with Crippen molar-refractivity contribution in [1.82, 2.24) is 4.90 Å². The molecule has 0 spiro atoms. The SMILES string of the molecule is COc1ccc(N=C2S/C(=C\c3ccc(OC(C)C)c(Br)c3)C(=O)N2Cc2ccc(C(=O)O)cc2)cc1. The van der Waals surface area contributed by atoms with Gasteiger partial charge in [-0.05, 0) is 107 Å². The van der Waals surface area contributed by atoms with Crippen LogP contribution >= 0.6 is 27.7 Å². The second-order valence-corrected chi connectivity index (χ2v) is 10.3. The molecule has 4 rings (SSSR count). The van der Waals surface area contributed by atoms with Gasteiger partial charge in [0.25, 0.3) is 5.91 Å². The summed E-state index contributed by atoms with van der Waals surface area (Å²) >= 11 is 4.84. The number of carboxylic acid groups (broad SMARTS) is 1. The molecule has 1 heterocycles. The van der Waals surface area contributed by atoms with Gasteiger partial charge in [-0.25, -0.2) is 9.79 Å². The van der Waals surface area contributed by atoms with E-state index in [0.717, 1.165) is 21.3 Å². The van der Waals surface area contributed by atoms with Gasteiger partial charge in [0.2, 0.25) is 0 Å². The summed E-state index contributed by atoms with van der Waals surface area (Å²) in [4.78, 5) is 31.6. The Bertz CT molecular complexity index is 1370. The molecule has 37 heavy (non-hydrogen) atoms. The number of thioether (sulfide) groups is 1. The molecule has 3 aromatic rings. The van der Waals surface area contributed by atoms with Crippen LogP contribution in [0.4, 0.5) is 5.69 Å². The summed E-state index contributed by atoms with van der Waals surface area (Å²) in [6, 6.07) is 19.4. The van der Waals surface area contributed by atoms with Crippen molar-refractivity contribution in [2.45, 2.75) is 26.5 Å². The van der Waals surface area contributed by atoms with E-state index in [1.54, 1.807) is 24.1 Å². The van der Waals surface area contributed by atoms with Crippen molar-refractivity contribution < 1.29 is 24.2 Å². The van der Waals surface area contributed by atoms with E-state index in [4.69, 9.17) is 14.5 Å². The molecule has 1 aliphatic rings. The number of amides is 1. The molecule has 0 aromatic heterocycles. The highest BCUT2D eigenvalue weighted by atomic mass is 79.9. The highest BCUT2D eigenvalue weighted by Crippen LogP contribution is 2.36. The third-order valence-corrected chi connectivity index (χ3v) is 6.97. The van der Waals surface area contributed by atoms with Crippen molar-refractivity contribution >= 4 is 56.5 Å². The van der Waals surface area contributed by atoms with Crippen LogP contribution in [-0.2, 0) is 11.3 Å². The molecule has 1 amide bonds. The quantitative estimate of drug-likeness (QED) is 0.296. The van der Waals surface area contributed by atoms with Gasteiger partial charge in [-0.1, -0.05) is 18.2 Å². The van der Waals surface area contributed by atoms with E-state index in [0.29, 0.717) is 21.5 Å². The summed E-state index contributed by atoms with van der Waals surface area (Å²) in [7, 11) is 1.60. The van der Waals surface area contributed by atoms with Gasteiger partial charge in [-0.15, -0.1) is 0 Å². The molecule has 0 saturated carbocycles. The van der Waals surface area contributed by atoms with Crippen molar-refractivity contribution in [2.75, 3.05) is 7.11 Å². The maximum absolute atomic E-state index is 13.5. The Morgan fingerprint density at radius 3 is 2.41 bits per heavy atom. The summed E-state index contributed by atoms with van der Waals surface area (Å²) in [5.41, 5.74) is 2.51. The van der Waals surface area contributed by atoms with Gasteiger partial charge in [-0.2, -0.15) is 0 Å². The number of hydrogen-bond acceptors (Lipinski definition) is 6. The number of rotatable bonds is 8. The molecule has 0 unspecified atom stereocenters. The lowest BCUT2D eigenvalue weighted by molar-refractivity contribution is -0.122. The first-order chi connectivity index (χ1) is 17.7. The van der Waals surface area contributed by atoms with Gasteiger partial charge in [-0.3, -0.25) is 9.69 Å². The van der Waals surface area contributed by atoms with Crippen LogP contribution in [0.5, 0.6) is 11.5 Å². The van der Waals surface area contributed by atoms with Crippen LogP contribution in [0.3, 0.4) is 0 Å². The van der Waals surface area contributed by atoms with E-state index in [1.165, 1.54) is 23.9 Å². The van der Waals surface area contributed by atoms with E-state index < -0.39 is 5.97 Å². The fourth-order valence-corrected chi connectivity index (χ4v) is 5.03. The van der Waals surface area contributed by atoms with Crippen molar-refractivity contribution in [1.29, 1.82) is 0 Å². The largest absolute Gasteiger partial charge is 0.497 e. The number of aromatic carboxylic acids is 1. The van der Waals surface area contributed by atoms with Crippen LogP contribution in [0.15, 0.2) is 81.1 Å². The predicted molar refractivity (Wildman–Crippen MR) is 150 cm³/mol. The number of halogens is 1. The molecule has 9 heteroatoms. The van der Waals surface area contributed by atoms with Crippen LogP contribution in [0.1, 0.15) is 35.3 Å². The van der Waals surface area contributed by atoms with E-state index in [-0.39, 0.29) is 24.1 Å². The summed E-state index contributed by atoms with van der Waals surface area (Å²) in [5, 5.41) is 9.72. The average molecular weight is 581 g/mol. The molecule has 1 fully saturated rings. The number of amidine groups is 1. The highest BCUT2D eigenvalue weighted by molar-refractivity contribution is 9.10. The molecule has 0 atom stereocenters. The summed E-state index contributed by atoms with van der Waals surface area (Å²) in [6.07, 6.45) is 1.87. The number of carbonyl (C=O) groups is 2. The van der Waals surface area contributed by atoms with Crippen molar-refractivity contribution in [3.8, 4) is 11.5 Å². The van der Waals surface area contributed by atoms with Gasteiger partial charge >= 0.3 is 5.97 Å². The first-order valence-electron chi connectivity index (χ1n) is 11.5. The predicted octanol–water partition coefficient (Wildman–Crippen LogP) is 6.75. The van der Waals surface area contributed by atoms with E-state index in [9.17, 15) is 14.7 Å². The van der Waals surface area contributed by atoms with Crippen molar-refractivity contribution in [3.05, 3.63) is 92.8 Å². The maximum Gasteiger partial charge on any atom is 0.335 e. The molecule has 1 saturated heterocycles. The zero-order valence-electron chi connectivity index (χ0n) is 20.5. The number of methoxy groups -OCH3 is 1. The first kappa shape index (κ1) is 26.5. The number of ether oxygens (including phenoxy) is 2. The van der Waals surface area contributed by atoms with Gasteiger partial charge in [0.1, 0.15) is 11.5 Å². The Labute approximate surface area is 227 Å². The summed E-state index contributed by atoms with van der Waals surface area (Å²) in [5.74, 6) is 0.266. The summed E-state index contributed by atoms with van der Waals surface area (Å²) in [6.45, 7) is 4.18. The highest BCUT2D eigenvalue weighted by Gasteiger charge is 2.33. The second-order valence-electron chi connectivity index (χ2n) is 8.45. The fraction of sp³-hybridized carbons (Fsp3) is 0.179. The van der Waals surface area contributed by atoms with Crippen LogP contribution in [-0.4, -0.2) is 40.3 Å². The number of benzene rings is 3. The molecular formula is C28H25BrN2O5S. The summed E-state index contributed by atoms with van der Waals surface area (Å²) < 4.78 is 11.8. The Morgan fingerprint density at radius 2 is 1.81 bits per heavy atom. The third kappa shape index (κ3) is 6.61. The molecule has 3 aromatic carbocycles. The molecule has 0 radical (unpaired) electrons. The topological polar surface area (TPSA) is 88.4 Å². The lowest BCUT2D eigenvalue weighted by Gasteiger charge is -2.16. The molecule has 190 valence electrons. The average Bonchev–Trinajstić information content (AvgIpc) is 3.15. The van der Waals surface area contributed by atoms with Gasteiger partial charge in [0.05, 0.1) is 40.4 Å². The molecule has 7 nitrogen and oxygen atoms in total. The van der Waals surface area contributed by atoms with Gasteiger partial charge in [0, 0.05) is 0 Å². The lowest BCUT2D eigenvalue weighted by atomic mass is 10.1. The standard InChI is InChI=1S/C28H25BrN2O5S/c1-17(2)36-24-13-6-19(14-23(24)29)15-25-26(32)31(16-18-4-7-20(8-5-18)27(33)34)28(37-25)30-21-9-11-22(35-3)12-10-21/h4-15,17H,16H2,1-3H3,(H,33,34)/b25-15-,30-28?. The van der Waals surface area contributed by atoms with E-state index >= 15 is 0 Å². The third-order valence-electron chi connectivity index (χ3n) is 5.34. The second kappa shape index (κ2) is 11.7. The van der Waals surface area contributed by atoms with E-state index in [1.807, 2.05) is 62.4 Å². The molecule has 0 bridgehead atoms. The van der Waals surface area contributed by atoms with Crippen LogP contribution < -0.4 is 9.47 Å². The van der Waals surface area contributed by atoms with E-state index in [2.05, 4.69) is 15.9 Å². The molecule has 1 aliphatic heterocycles. The number of carboxylic acids is 1. The van der Waals surface area contributed by atoms with Gasteiger partial charge in [0.15, 0.2) is 5.17 Å². The number of nitrogens with zero attached hydrogens (tertiary/aromatic N) is 2. The van der Waals surface area contributed by atoms with Crippen LogP contribution in [0.25, 0.3) is 6.08 Å². The maximum atomic E-state index is 13.5. The molecule has 1 N–H and O–H groups in total. The molecular weight excluding hydrogens is 556 g/mol. The zero-order valence-corrected chi connectivity index (χ0v) is 22.9.